The Labute approximate surface area is 143 Å². The van der Waals surface area contributed by atoms with Gasteiger partial charge in [-0.25, -0.2) is 0 Å². The highest BCUT2D eigenvalue weighted by molar-refractivity contribution is 6.35. The fourth-order valence-corrected chi connectivity index (χ4v) is 2.79. The van der Waals surface area contributed by atoms with Crippen LogP contribution in [0.5, 0.6) is 11.5 Å². The maximum absolute atomic E-state index is 11.1. The van der Waals surface area contributed by atoms with E-state index in [2.05, 4.69) is 5.32 Å². The van der Waals surface area contributed by atoms with E-state index in [1.807, 2.05) is 30.3 Å². The van der Waals surface area contributed by atoms with Crippen molar-refractivity contribution in [2.45, 2.75) is 6.92 Å². The van der Waals surface area contributed by atoms with Crippen LogP contribution in [0.3, 0.4) is 0 Å². The predicted molar refractivity (Wildman–Crippen MR) is 94.8 cm³/mol. The van der Waals surface area contributed by atoms with Gasteiger partial charge in [0.15, 0.2) is 0 Å². The summed E-state index contributed by atoms with van der Waals surface area (Å²) in [6.45, 7) is 1.44. The first kappa shape index (κ1) is 15.7. The summed E-state index contributed by atoms with van der Waals surface area (Å²) in [5.74, 6) is 0.936. The molecule has 0 aromatic heterocycles. The molecule has 23 heavy (non-hydrogen) atoms. The number of fused-ring (bicyclic) bond motifs is 1. The Balaban J connectivity index is 1.91. The van der Waals surface area contributed by atoms with Crippen molar-refractivity contribution in [1.29, 1.82) is 0 Å². The lowest BCUT2D eigenvalue weighted by atomic mass is 10.1. The van der Waals surface area contributed by atoms with Crippen molar-refractivity contribution >= 4 is 45.6 Å². The largest absolute Gasteiger partial charge is 0.456 e. The number of amides is 1. The highest BCUT2D eigenvalue weighted by Gasteiger charge is 2.08. The van der Waals surface area contributed by atoms with E-state index in [9.17, 15) is 4.79 Å². The molecule has 0 aliphatic rings. The van der Waals surface area contributed by atoms with Gasteiger partial charge in [0.1, 0.15) is 11.5 Å². The minimum atomic E-state index is -0.156. The summed E-state index contributed by atoms with van der Waals surface area (Å²) >= 11 is 12.5. The predicted octanol–water partition coefficient (Wildman–Crippen LogP) is 5.90. The molecule has 0 saturated carbocycles. The maximum Gasteiger partial charge on any atom is 0.221 e. The molecule has 0 saturated heterocycles. The molecule has 0 bridgehead atoms. The van der Waals surface area contributed by atoms with Gasteiger partial charge >= 0.3 is 0 Å². The van der Waals surface area contributed by atoms with E-state index in [0.29, 0.717) is 27.2 Å². The van der Waals surface area contributed by atoms with Crippen molar-refractivity contribution in [2.24, 2.45) is 0 Å². The minimum Gasteiger partial charge on any atom is -0.456 e. The lowest BCUT2D eigenvalue weighted by Crippen LogP contribution is -2.05. The van der Waals surface area contributed by atoms with Gasteiger partial charge in [-0.2, -0.15) is 0 Å². The van der Waals surface area contributed by atoms with Crippen LogP contribution in [-0.2, 0) is 4.79 Å². The number of anilines is 1. The number of hydrogen-bond acceptors (Lipinski definition) is 2. The molecule has 0 fully saturated rings. The number of carbonyl (C=O) groups excluding carboxylic acids is 1. The van der Waals surface area contributed by atoms with E-state index in [0.717, 1.165) is 10.8 Å². The third-order valence-corrected chi connectivity index (χ3v) is 3.87. The zero-order valence-electron chi connectivity index (χ0n) is 12.3. The Kier molecular flexibility index (Phi) is 4.42. The first-order valence-corrected chi connectivity index (χ1v) is 7.72. The molecule has 1 N–H and O–H groups in total. The number of carbonyl (C=O) groups is 1. The van der Waals surface area contributed by atoms with Crippen molar-refractivity contribution in [3.05, 3.63) is 64.6 Å². The zero-order chi connectivity index (χ0) is 16.4. The van der Waals surface area contributed by atoms with Crippen LogP contribution >= 0.6 is 23.2 Å². The second-order valence-corrected chi connectivity index (χ2v) is 5.87. The fourth-order valence-electron chi connectivity index (χ4n) is 2.29. The molecule has 1 amide bonds. The van der Waals surface area contributed by atoms with Crippen molar-refractivity contribution in [1.82, 2.24) is 0 Å². The second-order valence-electron chi connectivity index (χ2n) is 5.05. The average molecular weight is 346 g/mol. The third kappa shape index (κ3) is 3.58. The lowest BCUT2D eigenvalue weighted by molar-refractivity contribution is -0.114. The summed E-state index contributed by atoms with van der Waals surface area (Å²) in [7, 11) is 0. The van der Waals surface area contributed by atoms with Crippen LogP contribution in [0.4, 0.5) is 5.69 Å². The summed E-state index contributed by atoms with van der Waals surface area (Å²) < 4.78 is 5.83. The van der Waals surface area contributed by atoms with E-state index in [1.165, 1.54) is 6.92 Å². The van der Waals surface area contributed by atoms with Crippen molar-refractivity contribution in [2.75, 3.05) is 5.32 Å². The summed E-state index contributed by atoms with van der Waals surface area (Å²) in [6.07, 6.45) is 0. The minimum absolute atomic E-state index is 0.156. The molecule has 3 aromatic rings. The van der Waals surface area contributed by atoms with Crippen LogP contribution in [0.25, 0.3) is 10.8 Å². The van der Waals surface area contributed by atoms with Gasteiger partial charge in [-0.3, -0.25) is 4.79 Å². The molecule has 0 heterocycles. The highest BCUT2D eigenvalue weighted by atomic mass is 35.5. The number of hydrogen-bond donors (Lipinski definition) is 1. The normalized spacial score (nSPS) is 10.6. The molecule has 0 unspecified atom stereocenters. The number of ether oxygens (including phenoxy) is 1. The Morgan fingerprint density at radius 3 is 2.52 bits per heavy atom. The van der Waals surface area contributed by atoms with Gasteiger partial charge in [0.05, 0.1) is 10.0 Å². The number of benzene rings is 3. The maximum atomic E-state index is 11.1. The Hall–Kier alpha value is -2.23. The van der Waals surface area contributed by atoms with Crippen molar-refractivity contribution in [3.8, 4) is 11.5 Å². The summed E-state index contributed by atoms with van der Waals surface area (Å²) in [4.78, 5) is 11.1. The Morgan fingerprint density at radius 1 is 1.00 bits per heavy atom. The monoisotopic (exact) mass is 345 g/mol. The molecular weight excluding hydrogens is 333 g/mol. The van der Waals surface area contributed by atoms with Crippen LogP contribution in [0.1, 0.15) is 6.92 Å². The first-order valence-electron chi connectivity index (χ1n) is 6.96. The quantitative estimate of drug-likeness (QED) is 0.641. The Morgan fingerprint density at radius 2 is 1.78 bits per heavy atom. The second kappa shape index (κ2) is 6.49. The molecule has 0 aliphatic heterocycles. The van der Waals surface area contributed by atoms with Crippen LogP contribution in [-0.4, -0.2) is 5.91 Å². The fraction of sp³-hybridized carbons (Fsp3) is 0.0556. The number of rotatable bonds is 3. The number of halogens is 2. The van der Waals surface area contributed by atoms with Crippen LogP contribution in [0.15, 0.2) is 54.6 Å². The van der Waals surface area contributed by atoms with Crippen LogP contribution < -0.4 is 10.1 Å². The van der Waals surface area contributed by atoms with E-state index in [4.69, 9.17) is 27.9 Å². The molecule has 0 radical (unpaired) electrons. The van der Waals surface area contributed by atoms with Gasteiger partial charge in [-0.15, -0.1) is 0 Å². The molecule has 116 valence electrons. The van der Waals surface area contributed by atoms with E-state index >= 15 is 0 Å². The zero-order valence-corrected chi connectivity index (χ0v) is 13.8. The average Bonchev–Trinajstić information content (AvgIpc) is 2.49. The summed E-state index contributed by atoms with van der Waals surface area (Å²) in [6, 6.07) is 16.5. The Bertz CT molecular complexity index is 893. The van der Waals surface area contributed by atoms with Gasteiger partial charge in [-0.1, -0.05) is 47.5 Å². The molecular formula is C18H13Cl2NO2. The standard InChI is InChI=1S/C18H13Cl2NO2/c1-11(22)21-13-6-7-18(17(20)9-13)23-14-8-12-4-2-3-5-15(12)16(19)10-14/h2-10H,1H3,(H,21,22). The molecule has 0 aliphatic carbocycles. The SMILES string of the molecule is CC(=O)Nc1ccc(Oc2cc(Cl)c3ccccc3c2)c(Cl)c1. The summed E-state index contributed by atoms with van der Waals surface area (Å²) in [5.41, 5.74) is 0.617. The molecule has 5 heteroatoms. The van der Waals surface area contributed by atoms with Crippen molar-refractivity contribution < 1.29 is 9.53 Å². The first-order chi connectivity index (χ1) is 11.0. The van der Waals surface area contributed by atoms with Crippen molar-refractivity contribution in [3.63, 3.8) is 0 Å². The summed E-state index contributed by atoms with van der Waals surface area (Å²) in [5, 5.41) is 5.64. The number of nitrogens with one attached hydrogen (secondary N) is 1. The van der Waals surface area contributed by atoms with E-state index in [-0.39, 0.29) is 5.91 Å². The molecule has 0 atom stereocenters. The van der Waals surface area contributed by atoms with Crippen LogP contribution in [0.2, 0.25) is 10.0 Å². The van der Waals surface area contributed by atoms with E-state index in [1.54, 1.807) is 24.3 Å². The van der Waals surface area contributed by atoms with E-state index < -0.39 is 0 Å². The van der Waals surface area contributed by atoms with Gasteiger partial charge < -0.3 is 10.1 Å². The molecule has 3 aromatic carbocycles. The van der Waals surface area contributed by atoms with Gasteiger partial charge in [-0.05, 0) is 29.7 Å². The van der Waals surface area contributed by atoms with Gasteiger partial charge in [0, 0.05) is 24.1 Å². The lowest BCUT2D eigenvalue weighted by Gasteiger charge is -2.11. The van der Waals surface area contributed by atoms with Gasteiger partial charge in [0.2, 0.25) is 5.91 Å². The highest BCUT2D eigenvalue weighted by Crippen LogP contribution is 2.35. The smallest absolute Gasteiger partial charge is 0.221 e. The topological polar surface area (TPSA) is 38.3 Å². The third-order valence-electron chi connectivity index (χ3n) is 3.26. The van der Waals surface area contributed by atoms with Crippen LogP contribution in [0, 0.1) is 0 Å². The molecule has 3 nitrogen and oxygen atoms in total. The van der Waals surface area contributed by atoms with Gasteiger partial charge in [0.25, 0.3) is 0 Å². The molecule has 3 rings (SSSR count). The molecule has 0 spiro atoms.